The molecule has 0 bridgehead atoms. The Morgan fingerprint density at radius 3 is 1.71 bits per heavy atom. The topological polar surface area (TPSA) is 130 Å². The van der Waals surface area contributed by atoms with Crippen LogP contribution < -0.4 is 10.6 Å². The first kappa shape index (κ1) is 13.6. The summed E-state index contributed by atoms with van der Waals surface area (Å²) in [5.41, 5.74) is -2.33. The number of barbiturate groups is 1. The van der Waals surface area contributed by atoms with Crippen LogP contribution in [0.1, 0.15) is 25.7 Å². The molecule has 1 saturated heterocycles. The normalized spacial score (nSPS) is 25.9. The Balaban J connectivity index is 2.04. The van der Waals surface area contributed by atoms with Crippen molar-refractivity contribution in [2.24, 2.45) is 5.92 Å². The summed E-state index contributed by atoms with van der Waals surface area (Å²) in [6, 6.07) is -1.04. The Morgan fingerprint density at radius 2 is 1.29 bits per heavy atom. The van der Waals surface area contributed by atoms with E-state index in [1.165, 1.54) is 0 Å². The van der Waals surface area contributed by atoms with E-state index in [0.717, 1.165) is 0 Å². The van der Waals surface area contributed by atoms with Crippen LogP contribution >= 0.6 is 0 Å². The van der Waals surface area contributed by atoms with Gasteiger partial charge in [0.15, 0.2) is 17.5 Å². The van der Waals surface area contributed by atoms with Gasteiger partial charge in [0.25, 0.3) is 0 Å². The van der Waals surface area contributed by atoms with Gasteiger partial charge in [-0.1, -0.05) is 0 Å². The number of hydrogen-bond acceptors (Lipinski definition) is 6. The quantitative estimate of drug-likeness (QED) is 0.516. The molecule has 0 aromatic rings. The third kappa shape index (κ3) is 1.69. The Bertz CT molecular complexity index is 599. The molecule has 0 spiro atoms. The van der Waals surface area contributed by atoms with Crippen molar-refractivity contribution < 1.29 is 29.1 Å². The minimum Gasteiger partial charge on any atom is -0.373 e. The number of amides is 4. The lowest BCUT2D eigenvalue weighted by molar-refractivity contribution is -0.162. The van der Waals surface area contributed by atoms with E-state index >= 15 is 0 Å². The summed E-state index contributed by atoms with van der Waals surface area (Å²) in [7, 11) is 0. The zero-order valence-corrected chi connectivity index (χ0v) is 10.9. The highest BCUT2D eigenvalue weighted by atomic mass is 16.3. The molecule has 8 heteroatoms. The summed E-state index contributed by atoms with van der Waals surface area (Å²) in [6.45, 7) is 0. The molecule has 3 aliphatic rings. The van der Waals surface area contributed by atoms with Gasteiger partial charge in [-0.2, -0.15) is 0 Å². The summed E-state index contributed by atoms with van der Waals surface area (Å²) in [4.78, 5) is 59.4. The van der Waals surface area contributed by atoms with Gasteiger partial charge in [0.1, 0.15) is 0 Å². The summed E-state index contributed by atoms with van der Waals surface area (Å²) in [5, 5.41) is 14.1. The first-order valence-corrected chi connectivity index (χ1v) is 6.57. The van der Waals surface area contributed by atoms with E-state index in [1.54, 1.807) is 10.6 Å². The Morgan fingerprint density at radius 1 is 0.857 bits per heavy atom. The van der Waals surface area contributed by atoms with E-state index < -0.39 is 40.9 Å². The standard InChI is InChI=1S/C13H12N2O6/c16-8-5-3-1-2-4-6(5)9(17)13(8,21)7-10(18)14-12(20)15-11(7)19/h7,21H,1-4H2,(H2,14,15,18,19,20). The molecule has 2 aliphatic carbocycles. The summed E-state index contributed by atoms with van der Waals surface area (Å²) in [5.74, 6) is -6.03. The van der Waals surface area contributed by atoms with Crippen LogP contribution in [0.15, 0.2) is 11.1 Å². The summed E-state index contributed by atoms with van der Waals surface area (Å²) in [6.07, 6.45) is 2.10. The molecule has 21 heavy (non-hydrogen) atoms. The molecule has 0 aromatic heterocycles. The van der Waals surface area contributed by atoms with Gasteiger partial charge in [0.05, 0.1) is 0 Å². The molecular weight excluding hydrogens is 280 g/mol. The van der Waals surface area contributed by atoms with E-state index in [0.29, 0.717) is 25.7 Å². The molecule has 1 heterocycles. The van der Waals surface area contributed by atoms with Gasteiger partial charge in [0, 0.05) is 11.1 Å². The second-order valence-corrected chi connectivity index (χ2v) is 5.33. The molecule has 8 nitrogen and oxygen atoms in total. The minimum absolute atomic E-state index is 0.200. The van der Waals surface area contributed by atoms with Crippen LogP contribution in [0.25, 0.3) is 0 Å². The molecule has 0 radical (unpaired) electrons. The minimum atomic E-state index is -2.73. The Labute approximate surface area is 118 Å². The van der Waals surface area contributed by atoms with E-state index in [4.69, 9.17) is 0 Å². The lowest BCUT2D eigenvalue weighted by Crippen LogP contribution is -2.66. The number of hydrogen-bond donors (Lipinski definition) is 3. The van der Waals surface area contributed by atoms with Crippen LogP contribution in [0.5, 0.6) is 0 Å². The first-order valence-electron chi connectivity index (χ1n) is 6.57. The van der Waals surface area contributed by atoms with Gasteiger partial charge in [-0.15, -0.1) is 0 Å². The van der Waals surface area contributed by atoms with E-state index in [1.807, 2.05) is 0 Å². The number of ketones is 2. The van der Waals surface area contributed by atoms with Gasteiger partial charge in [-0.25, -0.2) is 4.79 Å². The number of urea groups is 1. The number of nitrogens with one attached hydrogen (secondary N) is 2. The maximum absolute atomic E-state index is 12.4. The zero-order valence-electron chi connectivity index (χ0n) is 10.9. The molecular formula is C13H12N2O6. The van der Waals surface area contributed by atoms with Gasteiger partial charge < -0.3 is 5.11 Å². The van der Waals surface area contributed by atoms with Crippen LogP contribution in [-0.4, -0.2) is 40.1 Å². The van der Waals surface area contributed by atoms with Crippen molar-refractivity contribution in [3.8, 4) is 0 Å². The highest BCUT2D eigenvalue weighted by Gasteiger charge is 2.63. The van der Waals surface area contributed by atoms with E-state index in [2.05, 4.69) is 0 Å². The van der Waals surface area contributed by atoms with Crippen molar-refractivity contribution in [3.63, 3.8) is 0 Å². The average molecular weight is 292 g/mol. The third-order valence-electron chi connectivity index (χ3n) is 4.12. The fraction of sp³-hybridized carbons (Fsp3) is 0.462. The van der Waals surface area contributed by atoms with Gasteiger partial charge in [-0.3, -0.25) is 29.8 Å². The fourth-order valence-corrected chi connectivity index (χ4v) is 3.13. The Kier molecular flexibility index (Phi) is 2.80. The zero-order chi connectivity index (χ0) is 15.4. The van der Waals surface area contributed by atoms with Crippen LogP contribution in [0.3, 0.4) is 0 Å². The SMILES string of the molecule is O=C1NC(=O)C(C2(O)C(=O)C3=C(CCCC3)C2=O)C(=O)N1. The highest BCUT2D eigenvalue weighted by Crippen LogP contribution is 2.41. The van der Waals surface area contributed by atoms with Crippen molar-refractivity contribution >= 4 is 29.4 Å². The maximum atomic E-state index is 12.4. The highest BCUT2D eigenvalue weighted by molar-refractivity contribution is 6.35. The van der Waals surface area contributed by atoms with Crippen molar-refractivity contribution in [1.82, 2.24) is 10.6 Å². The van der Waals surface area contributed by atoms with Crippen molar-refractivity contribution in [1.29, 1.82) is 0 Å². The molecule has 0 aromatic carbocycles. The predicted molar refractivity (Wildman–Crippen MR) is 65.6 cm³/mol. The first-order chi connectivity index (χ1) is 9.87. The van der Waals surface area contributed by atoms with Crippen LogP contribution in [0, 0.1) is 5.92 Å². The second-order valence-electron chi connectivity index (χ2n) is 5.33. The largest absolute Gasteiger partial charge is 0.373 e. The van der Waals surface area contributed by atoms with E-state index in [9.17, 15) is 29.1 Å². The number of aliphatic hydroxyl groups is 1. The van der Waals surface area contributed by atoms with Crippen molar-refractivity contribution in [2.45, 2.75) is 31.3 Å². The average Bonchev–Trinajstić information content (AvgIpc) is 2.61. The lowest BCUT2D eigenvalue weighted by Gasteiger charge is -2.30. The van der Waals surface area contributed by atoms with Crippen LogP contribution in [0.2, 0.25) is 0 Å². The second kappa shape index (κ2) is 4.32. The predicted octanol–water partition coefficient (Wildman–Crippen LogP) is -1.28. The lowest BCUT2D eigenvalue weighted by atomic mass is 9.80. The number of imide groups is 2. The van der Waals surface area contributed by atoms with Gasteiger partial charge in [0.2, 0.25) is 17.4 Å². The number of carbonyl (C=O) groups excluding carboxylic acids is 5. The summed E-state index contributed by atoms with van der Waals surface area (Å²) < 4.78 is 0. The molecule has 1 fully saturated rings. The summed E-state index contributed by atoms with van der Waals surface area (Å²) >= 11 is 0. The maximum Gasteiger partial charge on any atom is 0.328 e. The molecule has 3 rings (SSSR count). The molecule has 0 unspecified atom stereocenters. The van der Waals surface area contributed by atoms with E-state index in [-0.39, 0.29) is 11.1 Å². The van der Waals surface area contributed by atoms with Crippen molar-refractivity contribution in [3.05, 3.63) is 11.1 Å². The molecule has 0 atom stereocenters. The molecule has 1 aliphatic heterocycles. The van der Waals surface area contributed by atoms with Crippen LogP contribution in [-0.2, 0) is 19.2 Å². The molecule has 3 N–H and O–H groups in total. The molecule has 110 valence electrons. The van der Waals surface area contributed by atoms with Crippen molar-refractivity contribution in [2.75, 3.05) is 0 Å². The number of carbonyl (C=O) groups is 5. The molecule has 0 saturated carbocycles. The molecule has 4 amide bonds. The van der Waals surface area contributed by atoms with Gasteiger partial charge in [-0.05, 0) is 25.7 Å². The third-order valence-corrected chi connectivity index (χ3v) is 4.12. The smallest absolute Gasteiger partial charge is 0.328 e. The van der Waals surface area contributed by atoms with Gasteiger partial charge >= 0.3 is 6.03 Å². The van der Waals surface area contributed by atoms with Crippen LogP contribution in [0.4, 0.5) is 4.79 Å². The number of rotatable bonds is 1. The Hall–Kier alpha value is -2.35. The fourth-order valence-electron chi connectivity index (χ4n) is 3.13. The monoisotopic (exact) mass is 292 g/mol. The number of Topliss-reactive ketones (excluding diaryl/α,β-unsaturated/α-hetero) is 2.